The highest BCUT2D eigenvalue weighted by atomic mass is 19.1. The SMILES string of the molecule is N#Cc1c(F)cccc1NCCNC(=O)N[C@H]1c2ccccc2C[C@H]1O. The monoisotopic (exact) mass is 354 g/mol. The highest BCUT2D eigenvalue weighted by Crippen LogP contribution is 2.31. The van der Waals surface area contributed by atoms with Crippen LogP contribution >= 0.6 is 0 Å². The molecular formula is C19H19FN4O2. The summed E-state index contributed by atoms with van der Waals surface area (Å²) in [5, 5.41) is 27.5. The number of rotatable bonds is 5. The summed E-state index contributed by atoms with van der Waals surface area (Å²) in [6.45, 7) is 0.604. The summed E-state index contributed by atoms with van der Waals surface area (Å²) in [5.74, 6) is -0.586. The second-order valence-corrected chi connectivity index (χ2v) is 6.05. The summed E-state index contributed by atoms with van der Waals surface area (Å²) in [6.07, 6.45) is -0.138. The van der Waals surface area contributed by atoms with Crippen LogP contribution in [0.2, 0.25) is 0 Å². The number of nitriles is 1. The van der Waals surface area contributed by atoms with Gasteiger partial charge in [0.2, 0.25) is 0 Å². The van der Waals surface area contributed by atoms with Gasteiger partial charge in [0.1, 0.15) is 17.4 Å². The second kappa shape index (κ2) is 7.85. The third-order valence-corrected chi connectivity index (χ3v) is 4.34. The average molecular weight is 354 g/mol. The molecule has 0 saturated carbocycles. The molecule has 0 spiro atoms. The molecule has 4 N–H and O–H groups in total. The topological polar surface area (TPSA) is 97.2 Å². The lowest BCUT2D eigenvalue weighted by Crippen LogP contribution is -2.42. The molecule has 0 unspecified atom stereocenters. The number of carbonyl (C=O) groups is 1. The van der Waals surface area contributed by atoms with E-state index in [2.05, 4.69) is 16.0 Å². The van der Waals surface area contributed by atoms with Gasteiger partial charge in [-0.1, -0.05) is 30.3 Å². The van der Waals surface area contributed by atoms with Crippen LogP contribution in [0, 0.1) is 17.1 Å². The molecule has 0 bridgehead atoms. The van der Waals surface area contributed by atoms with E-state index in [0.717, 1.165) is 11.1 Å². The number of aliphatic hydroxyl groups is 1. The highest BCUT2D eigenvalue weighted by Gasteiger charge is 2.31. The number of carbonyl (C=O) groups excluding carboxylic acids is 1. The lowest BCUT2D eigenvalue weighted by atomic mass is 10.1. The molecule has 134 valence electrons. The van der Waals surface area contributed by atoms with E-state index in [0.29, 0.717) is 18.7 Å². The fourth-order valence-electron chi connectivity index (χ4n) is 3.10. The Kier molecular flexibility index (Phi) is 5.34. The van der Waals surface area contributed by atoms with Crippen molar-refractivity contribution >= 4 is 11.7 Å². The molecule has 26 heavy (non-hydrogen) atoms. The number of aliphatic hydroxyl groups excluding tert-OH is 1. The molecule has 0 fully saturated rings. The summed E-state index contributed by atoms with van der Waals surface area (Å²) in [7, 11) is 0. The van der Waals surface area contributed by atoms with Crippen LogP contribution in [0.15, 0.2) is 42.5 Å². The molecule has 0 radical (unpaired) electrons. The van der Waals surface area contributed by atoms with Gasteiger partial charge in [0.25, 0.3) is 0 Å². The van der Waals surface area contributed by atoms with Crippen LogP contribution in [0.5, 0.6) is 0 Å². The van der Waals surface area contributed by atoms with Crippen molar-refractivity contribution in [2.24, 2.45) is 0 Å². The first kappa shape index (κ1) is 17.7. The Morgan fingerprint density at radius 1 is 1.23 bits per heavy atom. The normalized spacial score (nSPS) is 17.9. The van der Waals surface area contributed by atoms with Gasteiger partial charge in [-0.15, -0.1) is 0 Å². The number of nitrogens with zero attached hydrogens (tertiary/aromatic N) is 1. The molecule has 2 atom stereocenters. The van der Waals surface area contributed by atoms with E-state index in [1.807, 2.05) is 30.3 Å². The third kappa shape index (κ3) is 3.76. The van der Waals surface area contributed by atoms with Gasteiger partial charge < -0.3 is 21.1 Å². The van der Waals surface area contributed by atoms with Gasteiger partial charge in [0.15, 0.2) is 0 Å². The van der Waals surface area contributed by atoms with Gasteiger partial charge in [-0.25, -0.2) is 9.18 Å². The molecule has 6 nitrogen and oxygen atoms in total. The number of urea groups is 1. The van der Waals surface area contributed by atoms with E-state index in [4.69, 9.17) is 5.26 Å². The number of nitrogens with one attached hydrogen (secondary N) is 3. The molecule has 2 amide bonds. The zero-order valence-electron chi connectivity index (χ0n) is 14.0. The van der Waals surface area contributed by atoms with Crippen molar-refractivity contribution in [2.45, 2.75) is 18.6 Å². The van der Waals surface area contributed by atoms with E-state index in [-0.39, 0.29) is 12.1 Å². The molecule has 0 heterocycles. The smallest absolute Gasteiger partial charge is 0.315 e. The average Bonchev–Trinajstić information content (AvgIpc) is 2.94. The van der Waals surface area contributed by atoms with Crippen molar-refractivity contribution in [1.29, 1.82) is 5.26 Å². The molecule has 2 aromatic carbocycles. The van der Waals surface area contributed by atoms with E-state index < -0.39 is 24.0 Å². The minimum atomic E-state index is -0.651. The molecule has 0 aliphatic heterocycles. The van der Waals surface area contributed by atoms with Crippen molar-refractivity contribution in [1.82, 2.24) is 10.6 Å². The van der Waals surface area contributed by atoms with Gasteiger partial charge in [-0.3, -0.25) is 0 Å². The summed E-state index contributed by atoms with van der Waals surface area (Å²) < 4.78 is 13.5. The van der Waals surface area contributed by atoms with E-state index in [1.165, 1.54) is 12.1 Å². The number of amides is 2. The van der Waals surface area contributed by atoms with Crippen molar-refractivity contribution in [3.63, 3.8) is 0 Å². The summed E-state index contributed by atoms with van der Waals surface area (Å²) >= 11 is 0. The summed E-state index contributed by atoms with van der Waals surface area (Å²) in [4.78, 5) is 12.1. The van der Waals surface area contributed by atoms with Crippen LogP contribution < -0.4 is 16.0 Å². The first-order chi connectivity index (χ1) is 12.6. The largest absolute Gasteiger partial charge is 0.390 e. The molecule has 1 aliphatic carbocycles. The summed E-state index contributed by atoms with van der Waals surface area (Å²) in [6, 6.07) is 12.9. The minimum Gasteiger partial charge on any atom is -0.390 e. The third-order valence-electron chi connectivity index (χ3n) is 4.34. The molecule has 0 saturated heterocycles. The van der Waals surface area contributed by atoms with Crippen LogP contribution in [-0.2, 0) is 6.42 Å². The molecular weight excluding hydrogens is 335 g/mol. The first-order valence-corrected chi connectivity index (χ1v) is 8.33. The Hall–Kier alpha value is -3.11. The number of hydrogen-bond donors (Lipinski definition) is 4. The van der Waals surface area contributed by atoms with Crippen LogP contribution in [0.1, 0.15) is 22.7 Å². The van der Waals surface area contributed by atoms with E-state index in [9.17, 15) is 14.3 Å². The van der Waals surface area contributed by atoms with Crippen molar-refractivity contribution in [3.8, 4) is 6.07 Å². The Bertz CT molecular complexity index is 850. The standard InChI is InChI=1S/C19H19FN4O2/c20-15-6-3-7-16(14(15)11-21)22-8-9-23-19(26)24-18-13-5-2-1-4-12(13)10-17(18)25/h1-7,17-18,22,25H,8-10H2,(H2,23,24,26)/t17-,18+/m1/s1. The second-order valence-electron chi connectivity index (χ2n) is 6.05. The Morgan fingerprint density at radius 2 is 2.04 bits per heavy atom. The molecule has 1 aliphatic rings. The fourth-order valence-corrected chi connectivity index (χ4v) is 3.10. The molecule has 0 aromatic heterocycles. The predicted octanol–water partition coefficient (Wildman–Crippen LogP) is 2.07. The van der Waals surface area contributed by atoms with Gasteiger partial charge in [0.05, 0.1) is 17.8 Å². The minimum absolute atomic E-state index is 0.0531. The maximum Gasteiger partial charge on any atom is 0.315 e. The number of hydrogen-bond acceptors (Lipinski definition) is 4. The first-order valence-electron chi connectivity index (χ1n) is 8.33. The van der Waals surface area contributed by atoms with Gasteiger partial charge in [0, 0.05) is 19.5 Å². The zero-order chi connectivity index (χ0) is 18.5. The van der Waals surface area contributed by atoms with Gasteiger partial charge >= 0.3 is 6.03 Å². The Morgan fingerprint density at radius 3 is 2.85 bits per heavy atom. The van der Waals surface area contributed by atoms with Gasteiger partial charge in [-0.2, -0.15) is 5.26 Å². The molecule has 2 aromatic rings. The molecule has 7 heteroatoms. The number of anilines is 1. The lowest BCUT2D eigenvalue weighted by Gasteiger charge is -2.18. The van der Waals surface area contributed by atoms with E-state index in [1.54, 1.807) is 6.07 Å². The van der Waals surface area contributed by atoms with Crippen molar-refractivity contribution in [3.05, 3.63) is 65.0 Å². The maximum atomic E-state index is 13.5. The van der Waals surface area contributed by atoms with Crippen molar-refractivity contribution < 1.29 is 14.3 Å². The maximum absolute atomic E-state index is 13.5. The predicted molar refractivity (Wildman–Crippen MR) is 95.0 cm³/mol. The van der Waals surface area contributed by atoms with Gasteiger partial charge in [-0.05, 0) is 23.3 Å². The molecule has 3 rings (SSSR count). The highest BCUT2D eigenvalue weighted by molar-refractivity contribution is 5.75. The zero-order valence-corrected chi connectivity index (χ0v) is 14.0. The fraction of sp³-hybridized carbons (Fsp3) is 0.263. The van der Waals surface area contributed by atoms with Crippen LogP contribution in [0.4, 0.5) is 14.9 Å². The quantitative estimate of drug-likeness (QED) is 0.618. The summed E-state index contributed by atoms with van der Waals surface area (Å²) in [5.41, 5.74) is 2.28. The number of benzene rings is 2. The number of halogens is 1. The number of fused-ring (bicyclic) bond motifs is 1. The Balaban J connectivity index is 1.49. The van der Waals surface area contributed by atoms with Crippen LogP contribution in [0.3, 0.4) is 0 Å². The van der Waals surface area contributed by atoms with Crippen molar-refractivity contribution in [2.75, 3.05) is 18.4 Å². The van der Waals surface area contributed by atoms with E-state index >= 15 is 0 Å². The Labute approximate surface area is 150 Å². The lowest BCUT2D eigenvalue weighted by molar-refractivity contribution is 0.142. The van der Waals surface area contributed by atoms with Crippen LogP contribution in [0.25, 0.3) is 0 Å². The van der Waals surface area contributed by atoms with Crippen LogP contribution in [-0.4, -0.2) is 30.3 Å².